The predicted molar refractivity (Wildman–Crippen MR) is 65.4 cm³/mol. The zero-order valence-corrected chi connectivity index (χ0v) is 10.7. The number of aromatic nitrogens is 3. The molecule has 1 aromatic carbocycles. The van der Waals surface area contributed by atoms with Gasteiger partial charge in [0, 0.05) is 6.54 Å². The van der Waals surface area contributed by atoms with E-state index >= 15 is 0 Å². The number of hydrogen-bond acceptors (Lipinski definition) is 4. The minimum absolute atomic E-state index is 0.269. The Morgan fingerprint density at radius 3 is 2.55 bits per heavy atom. The number of hydrogen-bond donors (Lipinski definition) is 1. The first kappa shape index (κ1) is 14.3. The highest BCUT2D eigenvalue weighted by molar-refractivity contribution is 5.37. The Morgan fingerprint density at radius 2 is 1.95 bits per heavy atom. The van der Waals surface area contributed by atoms with E-state index in [4.69, 9.17) is 0 Å². The van der Waals surface area contributed by atoms with Crippen LogP contribution < -0.4 is 10.1 Å². The van der Waals surface area contributed by atoms with E-state index in [0.29, 0.717) is 12.2 Å². The van der Waals surface area contributed by atoms with Crippen LogP contribution in [0.25, 0.3) is 5.69 Å². The molecule has 8 heteroatoms. The molecule has 108 valence electrons. The first-order valence-electron chi connectivity index (χ1n) is 5.96. The topological polar surface area (TPSA) is 52.0 Å². The van der Waals surface area contributed by atoms with Gasteiger partial charge in [-0.05, 0) is 30.8 Å². The Kier molecular flexibility index (Phi) is 4.23. The molecule has 5 nitrogen and oxygen atoms in total. The standard InChI is InChI=1S/C12H13F3N4O/c1-2-16-7-10-8-17-18-19(10)9-3-5-11(6-4-9)20-12(13,14)15/h3-6,8,16H,2,7H2,1H3. The van der Waals surface area contributed by atoms with E-state index in [1.165, 1.54) is 24.3 Å². The summed E-state index contributed by atoms with van der Waals surface area (Å²) >= 11 is 0. The second-order valence-corrected chi connectivity index (χ2v) is 3.96. The lowest BCUT2D eigenvalue weighted by atomic mass is 10.3. The van der Waals surface area contributed by atoms with Gasteiger partial charge in [0.2, 0.25) is 0 Å². The zero-order chi connectivity index (χ0) is 14.6. The van der Waals surface area contributed by atoms with Gasteiger partial charge in [-0.3, -0.25) is 0 Å². The minimum Gasteiger partial charge on any atom is -0.406 e. The Morgan fingerprint density at radius 1 is 1.25 bits per heavy atom. The molecule has 0 fully saturated rings. The molecule has 1 N–H and O–H groups in total. The molecule has 0 saturated heterocycles. The van der Waals surface area contributed by atoms with E-state index in [1.54, 1.807) is 10.9 Å². The molecule has 0 aliphatic carbocycles. The Balaban J connectivity index is 2.16. The molecule has 0 aliphatic rings. The summed E-state index contributed by atoms with van der Waals surface area (Å²) in [4.78, 5) is 0. The average molecular weight is 286 g/mol. The lowest BCUT2D eigenvalue weighted by Gasteiger charge is -2.10. The normalized spacial score (nSPS) is 11.6. The fraction of sp³-hybridized carbons (Fsp3) is 0.333. The van der Waals surface area contributed by atoms with Crippen LogP contribution in [0.1, 0.15) is 12.6 Å². The number of benzene rings is 1. The maximum absolute atomic E-state index is 12.1. The molecule has 0 spiro atoms. The van der Waals surface area contributed by atoms with Crippen molar-refractivity contribution >= 4 is 0 Å². The van der Waals surface area contributed by atoms with E-state index in [9.17, 15) is 13.2 Å². The van der Waals surface area contributed by atoms with Crippen molar-refractivity contribution in [2.45, 2.75) is 19.8 Å². The summed E-state index contributed by atoms with van der Waals surface area (Å²) in [6.07, 6.45) is -3.09. The van der Waals surface area contributed by atoms with Gasteiger partial charge in [-0.25, -0.2) is 4.68 Å². The SMILES string of the molecule is CCNCc1cnnn1-c1ccc(OC(F)(F)F)cc1. The van der Waals surface area contributed by atoms with Gasteiger partial charge in [0.05, 0.1) is 17.6 Å². The highest BCUT2D eigenvalue weighted by Crippen LogP contribution is 2.23. The maximum atomic E-state index is 12.1. The van der Waals surface area contributed by atoms with Crippen LogP contribution in [0.15, 0.2) is 30.5 Å². The van der Waals surface area contributed by atoms with Crippen LogP contribution in [-0.2, 0) is 6.54 Å². The lowest BCUT2D eigenvalue weighted by Crippen LogP contribution is -2.17. The predicted octanol–water partition coefficient (Wildman–Crippen LogP) is 2.28. The van der Waals surface area contributed by atoms with Crippen molar-refractivity contribution in [3.05, 3.63) is 36.2 Å². The Hall–Kier alpha value is -2.09. The molecular formula is C12H13F3N4O. The minimum atomic E-state index is -4.69. The Bertz CT molecular complexity index is 551. The molecule has 0 bridgehead atoms. The van der Waals surface area contributed by atoms with E-state index in [2.05, 4.69) is 20.4 Å². The fourth-order valence-electron chi connectivity index (χ4n) is 1.64. The average Bonchev–Trinajstić information content (AvgIpc) is 2.83. The van der Waals surface area contributed by atoms with Crippen LogP contribution in [0, 0.1) is 0 Å². The second-order valence-electron chi connectivity index (χ2n) is 3.96. The Labute approximate surface area is 113 Å². The molecule has 0 atom stereocenters. The molecular weight excluding hydrogens is 273 g/mol. The van der Waals surface area contributed by atoms with Crippen LogP contribution in [0.3, 0.4) is 0 Å². The largest absolute Gasteiger partial charge is 0.573 e. The first-order chi connectivity index (χ1) is 9.49. The van der Waals surface area contributed by atoms with Crippen LogP contribution in [0.5, 0.6) is 5.75 Å². The van der Waals surface area contributed by atoms with Gasteiger partial charge in [0.15, 0.2) is 0 Å². The van der Waals surface area contributed by atoms with Crippen LogP contribution in [0.2, 0.25) is 0 Å². The second kappa shape index (κ2) is 5.91. The highest BCUT2D eigenvalue weighted by atomic mass is 19.4. The van der Waals surface area contributed by atoms with Gasteiger partial charge >= 0.3 is 6.36 Å². The lowest BCUT2D eigenvalue weighted by molar-refractivity contribution is -0.274. The summed E-state index contributed by atoms with van der Waals surface area (Å²) in [6, 6.07) is 5.46. The molecule has 0 aliphatic heterocycles. The van der Waals surface area contributed by atoms with Crippen molar-refractivity contribution in [2.24, 2.45) is 0 Å². The highest BCUT2D eigenvalue weighted by Gasteiger charge is 2.30. The molecule has 1 aromatic heterocycles. The van der Waals surface area contributed by atoms with E-state index < -0.39 is 6.36 Å². The molecule has 2 aromatic rings. The number of halogens is 3. The fourth-order valence-corrected chi connectivity index (χ4v) is 1.64. The van der Waals surface area contributed by atoms with E-state index in [0.717, 1.165) is 12.2 Å². The monoisotopic (exact) mass is 286 g/mol. The van der Waals surface area contributed by atoms with Crippen LogP contribution >= 0.6 is 0 Å². The third-order valence-corrected chi connectivity index (χ3v) is 2.49. The smallest absolute Gasteiger partial charge is 0.406 e. The van der Waals surface area contributed by atoms with E-state index in [-0.39, 0.29) is 5.75 Å². The van der Waals surface area contributed by atoms with Crippen molar-refractivity contribution in [3.63, 3.8) is 0 Å². The van der Waals surface area contributed by atoms with E-state index in [1.807, 2.05) is 6.92 Å². The number of nitrogens with one attached hydrogen (secondary N) is 1. The molecule has 0 saturated carbocycles. The summed E-state index contributed by atoms with van der Waals surface area (Å²) < 4.78 is 41.5. The third kappa shape index (κ3) is 3.70. The molecule has 1 heterocycles. The molecule has 0 unspecified atom stereocenters. The molecule has 0 amide bonds. The summed E-state index contributed by atoms with van der Waals surface area (Å²) in [5.74, 6) is -0.269. The molecule has 20 heavy (non-hydrogen) atoms. The van der Waals surface area contributed by atoms with Gasteiger partial charge < -0.3 is 10.1 Å². The number of rotatable bonds is 5. The van der Waals surface area contributed by atoms with Crippen LogP contribution in [0.4, 0.5) is 13.2 Å². The molecule has 2 rings (SSSR count). The van der Waals surface area contributed by atoms with Crippen molar-refractivity contribution in [3.8, 4) is 11.4 Å². The van der Waals surface area contributed by atoms with Crippen LogP contribution in [-0.4, -0.2) is 27.9 Å². The van der Waals surface area contributed by atoms with Gasteiger partial charge in [-0.15, -0.1) is 18.3 Å². The number of alkyl halides is 3. The van der Waals surface area contributed by atoms with Crippen molar-refractivity contribution in [2.75, 3.05) is 6.54 Å². The molecule has 0 radical (unpaired) electrons. The van der Waals surface area contributed by atoms with Gasteiger partial charge in [-0.1, -0.05) is 12.1 Å². The van der Waals surface area contributed by atoms with Crippen molar-refractivity contribution < 1.29 is 17.9 Å². The quantitative estimate of drug-likeness (QED) is 0.916. The summed E-state index contributed by atoms with van der Waals surface area (Å²) in [5.41, 5.74) is 1.43. The zero-order valence-electron chi connectivity index (χ0n) is 10.7. The van der Waals surface area contributed by atoms with Gasteiger partial charge in [0.1, 0.15) is 5.75 Å². The van der Waals surface area contributed by atoms with Gasteiger partial charge in [-0.2, -0.15) is 0 Å². The third-order valence-electron chi connectivity index (χ3n) is 2.49. The van der Waals surface area contributed by atoms with Crippen molar-refractivity contribution in [1.82, 2.24) is 20.3 Å². The number of nitrogens with zero attached hydrogens (tertiary/aromatic N) is 3. The van der Waals surface area contributed by atoms with Crippen molar-refractivity contribution in [1.29, 1.82) is 0 Å². The van der Waals surface area contributed by atoms with Gasteiger partial charge in [0.25, 0.3) is 0 Å². The summed E-state index contributed by atoms with van der Waals surface area (Å²) in [7, 11) is 0. The number of ether oxygens (including phenoxy) is 1. The summed E-state index contributed by atoms with van der Waals surface area (Å²) in [5, 5.41) is 10.8. The maximum Gasteiger partial charge on any atom is 0.573 e. The first-order valence-corrected chi connectivity index (χ1v) is 5.96. The summed E-state index contributed by atoms with van der Waals surface area (Å²) in [6.45, 7) is 3.34.